The van der Waals surface area contributed by atoms with Crippen molar-refractivity contribution in [3.8, 4) is 0 Å². The Hall–Kier alpha value is -2.70. The van der Waals surface area contributed by atoms with Crippen LogP contribution in [0.3, 0.4) is 0 Å². The van der Waals surface area contributed by atoms with Gasteiger partial charge in [0, 0.05) is 50.2 Å². The molecule has 0 unspecified atom stereocenters. The number of pyridine rings is 1. The van der Waals surface area contributed by atoms with Gasteiger partial charge in [0.15, 0.2) is 0 Å². The number of amides is 1. The van der Waals surface area contributed by atoms with Gasteiger partial charge in [0.2, 0.25) is 5.91 Å². The number of nitrogens with one attached hydrogen (secondary N) is 1. The lowest BCUT2D eigenvalue weighted by Crippen LogP contribution is -2.50. The maximum absolute atomic E-state index is 14.4. The normalized spacial score (nSPS) is 28.3. The van der Waals surface area contributed by atoms with E-state index in [1.165, 1.54) is 11.1 Å². The SMILES string of the molecule is Cn1ccnc1[C@@H]1C[C@H](c2ccccc2)CCN1C(=O)[C@@H]1CNC[C@]12CCCc1nc(Cl)ccc12. The summed E-state index contributed by atoms with van der Waals surface area (Å²) in [6.07, 6.45) is 8.64. The summed E-state index contributed by atoms with van der Waals surface area (Å²) < 4.78 is 2.07. The first-order chi connectivity index (χ1) is 17.1. The Morgan fingerprint density at radius 1 is 1.20 bits per heavy atom. The highest BCUT2D eigenvalue weighted by molar-refractivity contribution is 6.29. The number of hydrogen-bond acceptors (Lipinski definition) is 4. The number of rotatable bonds is 3. The number of hydrogen-bond donors (Lipinski definition) is 1. The summed E-state index contributed by atoms with van der Waals surface area (Å²) in [6, 6.07) is 14.7. The van der Waals surface area contributed by atoms with E-state index in [9.17, 15) is 4.79 Å². The van der Waals surface area contributed by atoms with E-state index in [-0.39, 0.29) is 23.3 Å². The number of fused-ring (bicyclic) bond motifs is 2. The molecule has 4 atom stereocenters. The molecule has 2 saturated heterocycles. The summed E-state index contributed by atoms with van der Waals surface area (Å²) in [4.78, 5) is 25.9. The van der Waals surface area contributed by atoms with Gasteiger partial charge in [0.1, 0.15) is 11.0 Å². The summed E-state index contributed by atoms with van der Waals surface area (Å²) in [5.41, 5.74) is 3.41. The monoisotopic (exact) mass is 489 g/mol. The van der Waals surface area contributed by atoms with E-state index in [0.717, 1.165) is 56.7 Å². The number of piperidine rings is 1. The number of carbonyl (C=O) groups excluding carboxylic acids is 1. The second-order valence-electron chi connectivity index (χ2n) is 10.4. The van der Waals surface area contributed by atoms with Crippen molar-refractivity contribution in [2.24, 2.45) is 13.0 Å². The Morgan fingerprint density at radius 3 is 2.86 bits per heavy atom. The van der Waals surface area contributed by atoms with E-state index in [2.05, 4.69) is 56.2 Å². The van der Waals surface area contributed by atoms with Gasteiger partial charge >= 0.3 is 0 Å². The minimum Gasteiger partial charge on any atom is -0.336 e. The summed E-state index contributed by atoms with van der Waals surface area (Å²) in [5.74, 6) is 1.52. The Kier molecular flexibility index (Phi) is 5.89. The highest BCUT2D eigenvalue weighted by Crippen LogP contribution is 2.47. The third kappa shape index (κ3) is 3.87. The maximum Gasteiger partial charge on any atom is 0.228 e. The molecule has 2 aromatic heterocycles. The standard InChI is InChI=1S/C28H32ClN5O/c1-33-15-13-31-26(33)24-16-20(19-6-3-2-4-7-19)11-14-34(24)27(35)22-17-30-18-28(22)12-5-8-23-21(28)9-10-25(29)32-23/h2-4,6-7,9-10,13,15,20,22,24,30H,5,8,11-12,14,16-18H2,1H3/t20-,22+,24+,28+/m1/s1. The van der Waals surface area contributed by atoms with Crippen LogP contribution < -0.4 is 5.32 Å². The lowest BCUT2D eigenvalue weighted by atomic mass is 9.65. The Morgan fingerprint density at radius 2 is 2.06 bits per heavy atom. The smallest absolute Gasteiger partial charge is 0.228 e. The minimum absolute atomic E-state index is 0.0366. The molecular weight excluding hydrogens is 458 g/mol. The largest absolute Gasteiger partial charge is 0.336 e. The van der Waals surface area contributed by atoms with Gasteiger partial charge in [-0.3, -0.25) is 4.79 Å². The predicted octanol–water partition coefficient (Wildman–Crippen LogP) is 4.41. The van der Waals surface area contributed by atoms with Crippen molar-refractivity contribution in [1.29, 1.82) is 0 Å². The fraction of sp³-hybridized carbons (Fsp3) is 0.464. The zero-order valence-corrected chi connectivity index (χ0v) is 20.9. The van der Waals surface area contributed by atoms with E-state index >= 15 is 0 Å². The second kappa shape index (κ2) is 9.07. The molecule has 6 nitrogen and oxygen atoms in total. The van der Waals surface area contributed by atoms with Crippen LogP contribution in [0, 0.1) is 5.92 Å². The van der Waals surface area contributed by atoms with E-state index in [1.807, 2.05) is 25.5 Å². The Bertz CT molecular complexity index is 1230. The highest BCUT2D eigenvalue weighted by Gasteiger charge is 2.52. The van der Waals surface area contributed by atoms with Crippen molar-refractivity contribution in [2.75, 3.05) is 19.6 Å². The van der Waals surface area contributed by atoms with Gasteiger partial charge in [-0.05, 0) is 55.2 Å². The van der Waals surface area contributed by atoms with Gasteiger partial charge in [0.25, 0.3) is 0 Å². The van der Waals surface area contributed by atoms with E-state index in [0.29, 0.717) is 17.6 Å². The molecule has 1 spiro atoms. The Balaban J connectivity index is 1.34. The summed E-state index contributed by atoms with van der Waals surface area (Å²) in [5, 5.41) is 4.11. The molecule has 6 rings (SSSR count). The molecule has 1 N–H and O–H groups in total. The van der Waals surface area contributed by atoms with Crippen LogP contribution in [0.15, 0.2) is 54.9 Å². The van der Waals surface area contributed by atoms with Crippen LogP contribution >= 0.6 is 11.6 Å². The van der Waals surface area contributed by atoms with E-state index in [1.54, 1.807) is 0 Å². The van der Waals surface area contributed by atoms with Crippen molar-refractivity contribution < 1.29 is 4.79 Å². The van der Waals surface area contributed by atoms with Crippen molar-refractivity contribution in [3.63, 3.8) is 0 Å². The lowest BCUT2D eigenvalue weighted by molar-refractivity contribution is -0.141. The van der Waals surface area contributed by atoms with E-state index < -0.39 is 0 Å². The first-order valence-electron chi connectivity index (χ1n) is 12.8. The number of likely N-dealkylation sites (tertiary alicyclic amines) is 1. The molecule has 1 amide bonds. The van der Waals surface area contributed by atoms with Gasteiger partial charge in [-0.2, -0.15) is 0 Å². The summed E-state index contributed by atoms with van der Waals surface area (Å²) in [7, 11) is 2.03. The zero-order chi connectivity index (χ0) is 24.0. The van der Waals surface area contributed by atoms with Crippen molar-refractivity contribution >= 4 is 17.5 Å². The number of aryl methyl sites for hydroxylation is 2. The third-order valence-corrected chi connectivity index (χ3v) is 8.79. The van der Waals surface area contributed by atoms with Crippen LogP contribution in [0.5, 0.6) is 0 Å². The van der Waals surface area contributed by atoms with Crippen LogP contribution in [-0.4, -0.2) is 45.0 Å². The van der Waals surface area contributed by atoms with Crippen LogP contribution in [0.1, 0.15) is 60.3 Å². The van der Waals surface area contributed by atoms with Crippen LogP contribution in [0.2, 0.25) is 5.15 Å². The van der Waals surface area contributed by atoms with Gasteiger partial charge in [-0.25, -0.2) is 9.97 Å². The van der Waals surface area contributed by atoms with Crippen molar-refractivity contribution in [2.45, 2.75) is 49.5 Å². The molecular formula is C28H32ClN5O. The molecule has 3 aromatic rings. The van der Waals surface area contributed by atoms with Crippen LogP contribution in [-0.2, 0) is 23.7 Å². The Labute approximate surface area is 211 Å². The molecule has 1 aliphatic carbocycles. The fourth-order valence-electron chi connectivity index (χ4n) is 6.85. The van der Waals surface area contributed by atoms with Gasteiger partial charge in [-0.1, -0.05) is 48.0 Å². The topological polar surface area (TPSA) is 63.1 Å². The first kappa shape index (κ1) is 22.7. The van der Waals surface area contributed by atoms with E-state index in [4.69, 9.17) is 16.6 Å². The molecule has 0 bridgehead atoms. The minimum atomic E-state index is -0.218. The fourth-order valence-corrected chi connectivity index (χ4v) is 7.02. The second-order valence-corrected chi connectivity index (χ2v) is 10.8. The quantitative estimate of drug-likeness (QED) is 0.553. The molecule has 0 saturated carbocycles. The lowest BCUT2D eigenvalue weighted by Gasteiger charge is -2.44. The van der Waals surface area contributed by atoms with Crippen LogP contribution in [0.25, 0.3) is 0 Å². The summed E-state index contributed by atoms with van der Waals surface area (Å²) in [6.45, 7) is 2.26. The molecule has 3 aliphatic rings. The molecule has 2 fully saturated rings. The molecule has 0 radical (unpaired) electrons. The molecule has 182 valence electrons. The van der Waals surface area contributed by atoms with Gasteiger partial charge in [0.05, 0.1) is 12.0 Å². The highest BCUT2D eigenvalue weighted by atomic mass is 35.5. The van der Waals surface area contributed by atoms with Gasteiger partial charge in [-0.15, -0.1) is 0 Å². The molecule has 7 heteroatoms. The summed E-state index contributed by atoms with van der Waals surface area (Å²) >= 11 is 6.24. The number of carbonyl (C=O) groups is 1. The number of imidazole rings is 1. The molecule has 2 aliphatic heterocycles. The number of nitrogens with zero attached hydrogens (tertiary/aromatic N) is 4. The third-order valence-electron chi connectivity index (χ3n) is 8.58. The maximum atomic E-state index is 14.4. The first-order valence-corrected chi connectivity index (χ1v) is 13.1. The zero-order valence-electron chi connectivity index (χ0n) is 20.2. The van der Waals surface area contributed by atoms with Crippen molar-refractivity contribution in [1.82, 2.24) is 24.8 Å². The molecule has 35 heavy (non-hydrogen) atoms. The number of halogens is 1. The number of benzene rings is 1. The van der Waals surface area contributed by atoms with Crippen LogP contribution in [0.4, 0.5) is 0 Å². The predicted molar refractivity (Wildman–Crippen MR) is 136 cm³/mol. The molecule has 4 heterocycles. The van der Waals surface area contributed by atoms with Crippen molar-refractivity contribution in [3.05, 3.63) is 82.7 Å². The average molecular weight is 490 g/mol. The van der Waals surface area contributed by atoms with Gasteiger partial charge < -0.3 is 14.8 Å². The average Bonchev–Trinajstić information content (AvgIpc) is 3.50. The number of aromatic nitrogens is 3. The molecule has 1 aromatic carbocycles.